The van der Waals surface area contributed by atoms with E-state index < -0.39 is 5.91 Å². The van der Waals surface area contributed by atoms with Crippen LogP contribution in [0.25, 0.3) is 0 Å². The number of anilines is 1. The largest absolute Gasteiger partial charge is 0.326 e. The summed E-state index contributed by atoms with van der Waals surface area (Å²) < 4.78 is 0. The van der Waals surface area contributed by atoms with E-state index in [-0.39, 0.29) is 35.7 Å². The molecular formula is C16H19ClN4O3S. The fraction of sp³-hybridized carbons (Fsp3) is 0.375. The summed E-state index contributed by atoms with van der Waals surface area (Å²) in [5.74, 6) is -0.844. The maximum absolute atomic E-state index is 11.9. The Morgan fingerprint density at radius 2 is 1.84 bits per heavy atom. The molecule has 9 heteroatoms. The van der Waals surface area contributed by atoms with Crippen LogP contribution in [0.3, 0.4) is 0 Å². The van der Waals surface area contributed by atoms with Gasteiger partial charge in [0.25, 0.3) is 0 Å². The van der Waals surface area contributed by atoms with Crippen molar-refractivity contribution >= 4 is 52.3 Å². The molecule has 0 saturated heterocycles. The fourth-order valence-corrected chi connectivity index (χ4v) is 2.29. The molecule has 25 heavy (non-hydrogen) atoms. The van der Waals surface area contributed by atoms with Gasteiger partial charge in [0.05, 0.1) is 0 Å². The lowest BCUT2D eigenvalue weighted by atomic mass is 10.2. The van der Waals surface area contributed by atoms with Gasteiger partial charge in [-0.15, -0.1) is 0 Å². The van der Waals surface area contributed by atoms with E-state index in [2.05, 4.69) is 21.5 Å². The number of thiocarbonyl (C=S) groups is 1. The topological polar surface area (TPSA) is 99.3 Å². The molecule has 2 rings (SSSR count). The molecule has 0 radical (unpaired) electrons. The summed E-state index contributed by atoms with van der Waals surface area (Å²) in [6.45, 7) is 1.80. The summed E-state index contributed by atoms with van der Waals surface area (Å²) in [5, 5.41) is 5.78. The van der Waals surface area contributed by atoms with Gasteiger partial charge in [-0.3, -0.25) is 25.2 Å². The van der Waals surface area contributed by atoms with Crippen LogP contribution in [0.5, 0.6) is 0 Å². The molecule has 0 heterocycles. The molecule has 1 aromatic rings. The maximum atomic E-state index is 11.9. The zero-order valence-corrected chi connectivity index (χ0v) is 15.2. The van der Waals surface area contributed by atoms with Crippen LogP contribution in [0.15, 0.2) is 18.2 Å². The van der Waals surface area contributed by atoms with Crippen LogP contribution < -0.4 is 21.5 Å². The zero-order valence-electron chi connectivity index (χ0n) is 13.6. The summed E-state index contributed by atoms with van der Waals surface area (Å²) >= 11 is 10.9. The highest BCUT2D eigenvalue weighted by Crippen LogP contribution is 2.28. The highest BCUT2D eigenvalue weighted by molar-refractivity contribution is 7.80. The van der Waals surface area contributed by atoms with E-state index in [0.717, 1.165) is 18.4 Å². The fourth-order valence-electron chi connectivity index (χ4n) is 1.96. The molecular weight excluding hydrogens is 364 g/mol. The van der Waals surface area contributed by atoms with E-state index in [1.54, 1.807) is 25.1 Å². The van der Waals surface area contributed by atoms with Gasteiger partial charge in [-0.1, -0.05) is 17.7 Å². The second kappa shape index (κ2) is 8.77. The van der Waals surface area contributed by atoms with Crippen LogP contribution in [0.4, 0.5) is 5.69 Å². The lowest BCUT2D eigenvalue weighted by Gasteiger charge is -2.11. The summed E-state index contributed by atoms with van der Waals surface area (Å²) in [5.41, 5.74) is 6.15. The van der Waals surface area contributed by atoms with Crippen molar-refractivity contribution in [3.63, 3.8) is 0 Å². The first kappa shape index (κ1) is 19.1. The quantitative estimate of drug-likeness (QED) is 0.459. The summed E-state index contributed by atoms with van der Waals surface area (Å²) in [7, 11) is 0. The van der Waals surface area contributed by atoms with E-state index in [1.165, 1.54) is 0 Å². The SMILES string of the molecule is Cc1c(Cl)cccc1NC(=O)CCC(=O)NNC(=S)NC(=O)C1CC1. The molecule has 0 aromatic heterocycles. The lowest BCUT2D eigenvalue weighted by molar-refractivity contribution is -0.124. The number of halogens is 1. The van der Waals surface area contributed by atoms with Crippen molar-refractivity contribution in [2.45, 2.75) is 32.6 Å². The third-order valence-corrected chi connectivity index (χ3v) is 4.23. The van der Waals surface area contributed by atoms with Crippen LogP contribution in [0.2, 0.25) is 5.02 Å². The molecule has 134 valence electrons. The van der Waals surface area contributed by atoms with Crippen LogP contribution in [0, 0.1) is 12.8 Å². The monoisotopic (exact) mass is 382 g/mol. The molecule has 7 nitrogen and oxygen atoms in total. The van der Waals surface area contributed by atoms with Gasteiger partial charge in [0, 0.05) is 29.5 Å². The van der Waals surface area contributed by atoms with E-state index in [1.807, 2.05) is 0 Å². The van der Waals surface area contributed by atoms with Gasteiger partial charge < -0.3 is 10.6 Å². The van der Waals surface area contributed by atoms with Crippen LogP contribution in [-0.4, -0.2) is 22.8 Å². The summed E-state index contributed by atoms with van der Waals surface area (Å²) in [6, 6.07) is 5.21. The van der Waals surface area contributed by atoms with Crippen molar-refractivity contribution in [1.29, 1.82) is 0 Å². The number of rotatable bonds is 5. The molecule has 3 amide bonds. The maximum Gasteiger partial charge on any atom is 0.238 e. The number of carbonyl (C=O) groups excluding carboxylic acids is 3. The number of carbonyl (C=O) groups is 3. The Morgan fingerprint density at radius 1 is 1.16 bits per heavy atom. The van der Waals surface area contributed by atoms with Crippen molar-refractivity contribution in [3.05, 3.63) is 28.8 Å². The van der Waals surface area contributed by atoms with Gasteiger partial charge in [0.1, 0.15) is 0 Å². The highest BCUT2D eigenvalue weighted by atomic mass is 35.5. The summed E-state index contributed by atoms with van der Waals surface area (Å²) in [6.07, 6.45) is 1.70. The normalized spacial score (nSPS) is 12.9. The molecule has 1 aliphatic rings. The molecule has 4 N–H and O–H groups in total. The summed E-state index contributed by atoms with van der Waals surface area (Å²) in [4.78, 5) is 35.1. The van der Waals surface area contributed by atoms with Crippen molar-refractivity contribution in [1.82, 2.24) is 16.2 Å². The first-order valence-electron chi connectivity index (χ1n) is 7.81. The molecule has 1 fully saturated rings. The van der Waals surface area contributed by atoms with Crippen molar-refractivity contribution in [2.75, 3.05) is 5.32 Å². The third-order valence-electron chi connectivity index (χ3n) is 3.62. The molecule has 0 unspecified atom stereocenters. The molecule has 0 bridgehead atoms. The van der Waals surface area contributed by atoms with Gasteiger partial charge in [-0.2, -0.15) is 0 Å². The Balaban J connectivity index is 1.66. The highest BCUT2D eigenvalue weighted by Gasteiger charge is 2.30. The Kier molecular flexibility index (Phi) is 6.72. The predicted molar refractivity (Wildman–Crippen MR) is 98.8 cm³/mol. The predicted octanol–water partition coefficient (Wildman–Crippen LogP) is 1.80. The van der Waals surface area contributed by atoms with Gasteiger partial charge in [0.15, 0.2) is 5.11 Å². The molecule has 0 aliphatic heterocycles. The van der Waals surface area contributed by atoms with Gasteiger partial charge in [0.2, 0.25) is 17.7 Å². The molecule has 1 saturated carbocycles. The van der Waals surface area contributed by atoms with E-state index >= 15 is 0 Å². The Hall–Kier alpha value is -2.19. The average molecular weight is 383 g/mol. The van der Waals surface area contributed by atoms with Crippen molar-refractivity contribution in [2.24, 2.45) is 5.92 Å². The molecule has 0 atom stereocenters. The smallest absolute Gasteiger partial charge is 0.238 e. The minimum Gasteiger partial charge on any atom is -0.326 e. The Bertz CT molecular complexity index is 707. The van der Waals surface area contributed by atoms with E-state index in [9.17, 15) is 14.4 Å². The minimum atomic E-state index is -0.416. The number of hydrazine groups is 1. The number of benzene rings is 1. The second-order valence-electron chi connectivity index (χ2n) is 5.73. The van der Waals surface area contributed by atoms with Gasteiger partial charge in [-0.25, -0.2) is 0 Å². The molecule has 1 aromatic carbocycles. The Labute approximate surface area is 155 Å². The average Bonchev–Trinajstić information content (AvgIpc) is 3.40. The molecule has 1 aliphatic carbocycles. The molecule has 0 spiro atoms. The number of hydrogen-bond acceptors (Lipinski definition) is 4. The first-order valence-corrected chi connectivity index (χ1v) is 8.60. The van der Waals surface area contributed by atoms with Crippen LogP contribution in [-0.2, 0) is 14.4 Å². The van der Waals surface area contributed by atoms with Crippen molar-refractivity contribution < 1.29 is 14.4 Å². The Morgan fingerprint density at radius 3 is 2.52 bits per heavy atom. The van der Waals surface area contributed by atoms with E-state index in [4.69, 9.17) is 23.8 Å². The van der Waals surface area contributed by atoms with Crippen LogP contribution >= 0.6 is 23.8 Å². The van der Waals surface area contributed by atoms with Gasteiger partial charge >= 0.3 is 0 Å². The zero-order chi connectivity index (χ0) is 18.4. The van der Waals surface area contributed by atoms with Crippen molar-refractivity contribution in [3.8, 4) is 0 Å². The second-order valence-corrected chi connectivity index (χ2v) is 6.54. The lowest BCUT2D eigenvalue weighted by Crippen LogP contribution is -2.48. The third kappa shape index (κ3) is 6.32. The van der Waals surface area contributed by atoms with Crippen LogP contribution in [0.1, 0.15) is 31.2 Å². The standard InChI is InChI=1S/C16H19ClN4O3S/c1-9-11(17)3-2-4-12(9)18-13(22)7-8-14(23)20-21-16(25)19-15(24)10-5-6-10/h2-4,10H,5-8H2,1H3,(H,18,22)(H,20,23)(H2,19,21,24,25). The number of hydrogen-bond donors (Lipinski definition) is 4. The number of amides is 3. The number of nitrogens with one attached hydrogen (secondary N) is 4. The van der Waals surface area contributed by atoms with E-state index in [0.29, 0.717) is 10.7 Å². The van der Waals surface area contributed by atoms with Gasteiger partial charge in [-0.05, 0) is 49.7 Å². The minimum absolute atomic E-state index is 0.000657. The first-order chi connectivity index (χ1) is 11.9.